The van der Waals surface area contributed by atoms with Crippen LogP contribution < -0.4 is 4.74 Å². The molecule has 0 spiro atoms. The Kier molecular flexibility index (Phi) is 4.91. The smallest absolute Gasteiger partial charge is 0.162 e. The van der Waals surface area contributed by atoms with Crippen LogP contribution in [0.2, 0.25) is 0 Å². The fraction of sp³-hybridized carbons (Fsp3) is 0.533. The largest absolute Gasteiger partial charge is 0.496 e. The first-order chi connectivity index (χ1) is 8.33. The molecule has 0 bridgehead atoms. The highest BCUT2D eigenvalue weighted by molar-refractivity contribution is 5.96. The zero-order valence-electron chi connectivity index (χ0n) is 11.6. The number of carbonyl (C=O) groups is 1. The van der Waals surface area contributed by atoms with Gasteiger partial charge < -0.3 is 9.84 Å². The second-order valence-electron chi connectivity index (χ2n) is 5.27. The van der Waals surface area contributed by atoms with Gasteiger partial charge in [-0.15, -0.1) is 0 Å². The van der Waals surface area contributed by atoms with Crippen molar-refractivity contribution in [3.63, 3.8) is 0 Å². The van der Waals surface area contributed by atoms with Crippen molar-refractivity contribution in [1.82, 2.24) is 0 Å². The molecule has 0 saturated heterocycles. The van der Waals surface area contributed by atoms with E-state index in [1.54, 1.807) is 27.0 Å². The fourth-order valence-corrected chi connectivity index (χ4v) is 1.88. The minimum Gasteiger partial charge on any atom is -0.496 e. The summed E-state index contributed by atoms with van der Waals surface area (Å²) in [5, 5.41) is 9.59. The predicted molar refractivity (Wildman–Crippen MR) is 72.2 cm³/mol. The van der Waals surface area contributed by atoms with Gasteiger partial charge in [0, 0.05) is 12.0 Å². The molecule has 18 heavy (non-hydrogen) atoms. The quantitative estimate of drug-likeness (QED) is 0.789. The molecule has 0 amide bonds. The molecule has 0 atom stereocenters. The van der Waals surface area contributed by atoms with Gasteiger partial charge in [0.15, 0.2) is 5.78 Å². The molecule has 0 aromatic heterocycles. The van der Waals surface area contributed by atoms with E-state index in [0.717, 1.165) is 11.3 Å². The molecule has 0 aliphatic carbocycles. The lowest BCUT2D eigenvalue weighted by molar-refractivity contribution is 0.0670. The van der Waals surface area contributed by atoms with E-state index in [-0.39, 0.29) is 5.78 Å². The van der Waals surface area contributed by atoms with Crippen LogP contribution in [-0.2, 0) is 0 Å². The fourth-order valence-electron chi connectivity index (χ4n) is 1.88. The monoisotopic (exact) mass is 250 g/mol. The Morgan fingerprint density at radius 3 is 2.56 bits per heavy atom. The molecule has 0 saturated carbocycles. The number of ether oxygens (including phenoxy) is 1. The Bertz CT molecular complexity index is 416. The first-order valence-electron chi connectivity index (χ1n) is 6.24. The Balaban J connectivity index is 2.59. The zero-order valence-corrected chi connectivity index (χ0v) is 11.6. The standard InChI is InChI=1S/C15H22O3/c1-11-10-12(7-8-14(11)18-4)13(16)6-5-9-15(2,3)17/h7-8,10,17H,5-6,9H2,1-4H3. The third-order valence-electron chi connectivity index (χ3n) is 2.91. The van der Waals surface area contributed by atoms with E-state index in [1.165, 1.54) is 0 Å². The van der Waals surface area contributed by atoms with Crippen LogP contribution >= 0.6 is 0 Å². The highest BCUT2D eigenvalue weighted by Gasteiger charge is 2.14. The molecule has 1 aromatic carbocycles. The van der Waals surface area contributed by atoms with Crippen molar-refractivity contribution in [3.8, 4) is 5.75 Å². The molecule has 0 heterocycles. The molecular formula is C15H22O3. The minimum atomic E-state index is -0.698. The number of aliphatic hydroxyl groups is 1. The first-order valence-corrected chi connectivity index (χ1v) is 6.24. The van der Waals surface area contributed by atoms with E-state index in [4.69, 9.17) is 4.74 Å². The lowest BCUT2D eigenvalue weighted by atomic mass is 9.98. The lowest BCUT2D eigenvalue weighted by Gasteiger charge is -2.16. The van der Waals surface area contributed by atoms with Crippen LogP contribution in [0, 0.1) is 6.92 Å². The molecule has 1 N–H and O–H groups in total. The number of hydrogen-bond acceptors (Lipinski definition) is 3. The van der Waals surface area contributed by atoms with Crippen LogP contribution in [0.3, 0.4) is 0 Å². The van der Waals surface area contributed by atoms with E-state index in [0.29, 0.717) is 24.8 Å². The number of ketones is 1. The number of Topliss-reactive ketones (excluding diaryl/α,β-unsaturated/α-hetero) is 1. The SMILES string of the molecule is COc1ccc(C(=O)CCCC(C)(C)O)cc1C. The van der Waals surface area contributed by atoms with E-state index < -0.39 is 5.60 Å². The predicted octanol–water partition coefficient (Wildman–Crippen LogP) is 3.13. The highest BCUT2D eigenvalue weighted by atomic mass is 16.5. The average Bonchev–Trinajstić information content (AvgIpc) is 2.27. The van der Waals surface area contributed by atoms with Gasteiger partial charge in [0.1, 0.15) is 5.75 Å². The summed E-state index contributed by atoms with van der Waals surface area (Å²) in [5.74, 6) is 0.910. The molecule has 0 radical (unpaired) electrons. The summed E-state index contributed by atoms with van der Waals surface area (Å²) in [4.78, 5) is 12.0. The van der Waals surface area contributed by atoms with Gasteiger partial charge in [0.05, 0.1) is 12.7 Å². The Morgan fingerprint density at radius 2 is 2.06 bits per heavy atom. The second kappa shape index (κ2) is 6.01. The average molecular weight is 250 g/mol. The van der Waals surface area contributed by atoms with Crippen molar-refractivity contribution in [2.24, 2.45) is 0 Å². The van der Waals surface area contributed by atoms with Crippen molar-refractivity contribution in [2.75, 3.05) is 7.11 Å². The van der Waals surface area contributed by atoms with Crippen LogP contribution in [0.4, 0.5) is 0 Å². The van der Waals surface area contributed by atoms with Crippen molar-refractivity contribution in [2.45, 2.75) is 45.6 Å². The number of methoxy groups -OCH3 is 1. The van der Waals surface area contributed by atoms with Crippen LogP contribution in [0.1, 0.15) is 49.0 Å². The summed E-state index contributed by atoms with van der Waals surface area (Å²) >= 11 is 0. The maximum Gasteiger partial charge on any atom is 0.162 e. The third-order valence-corrected chi connectivity index (χ3v) is 2.91. The maximum atomic E-state index is 12.0. The summed E-state index contributed by atoms with van der Waals surface area (Å²) in [6.07, 6.45) is 1.80. The van der Waals surface area contributed by atoms with Gasteiger partial charge in [-0.25, -0.2) is 0 Å². The van der Waals surface area contributed by atoms with Crippen LogP contribution in [0.5, 0.6) is 5.75 Å². The topological polar surface area (TPSA) is 46.5 Å². The Labute approximate surface area is 109 Å². The molecule has 0 fully saturated rings. The van der Waals surface area contributed by atoms with E-state index in [1.807, 2.05) is 19.1 Å². The molecule has 0 aliphatic rings. The van der Waals surface area contributed by atoms with Gasteiger partial charge in [-0.1, -0.05) is 0 Å². The summed E-state index contributed by atoms with van der Waals surface area (Å²) in [6.45, 7) is 5.44. The normalized spacial score (nSPS) is 11.4. The van der Waals surface area contributed by atoms with Gasteiger partial charge in [-0.05, 0) is 57.4 Å². The highest BCUT2D eigenvalue weighted by Crippen LogP contribution is 2.20. The number of rotatable bonds is 6. The summed E-state index contributed by atoms with van der Waals surface area (Å²) in [6, 6.07) is 5.46. The van der Waals surface area contributed by atoms with Crippen molar-refractivity contribution in [3.05, 3.63) is 29.3 Å². The van der Waals surface area contributed by atoms with Crippen LogP contribution in [-0.4, -0.2) is 23.6 Å². The number of carbonyl (C=O) groups excluding carboxylic acids is 1. The van der Waals surface area contributed by atoms with Gasteiger partial charge in [-0.3, -0.25) is 4.79 Å². The number of hydrogen-bond donors (Lipinski definition) is 1. The molecule has 3 nitrogen and oxygen atoms in total. The number of aryl methyl sites for hydroxylation is 1. The van der Waals surface area contributed by atoms with E-state index in [2.05, 4.69) is 0 Å². The molecule has 1 rings (SSSR count). The minimum absolute atomic E-state index is 0.116. The summed E-state index contributed by atoms with van der Waals surface area (Å²) < 4.78 is 5.16. The molecule has 3 heteroatoms. The van der Waals surface area contributed by atoms with E-state index in [9.17, 15) is 9.90 Å². The molecule has 100 valence electrons. The molecule has 1 aromatic rings. The maximum absolute atomic E-state index is 12.0. The lowest BCUT2D eigenvalue weighted by Crippen LogP contribution is -2.18. The van der Waals surface area contributed by atoms with Gasteiger partial charge in [-0.2, -0.15) is 0 Å². The number of benzene rings is 1. The molecular weight excluding hydrogens is 228 g/mol. The van der Waals surface area contributed by atoms with Crippen LogP contribution in [0.25, 0.3) is 0 Å². The summed E-state index contributed by atoms with van der Waals surface area (Å²) in [7, 11) is 1.62. The second-order valence-corrected chi connectivity index (χ2v) is 5.27. The Hall–Kier alpha value is -1.35. The van der Waals surface area contributed by atoms with Crippen LogP contribution in [0.15, 0.2) is 18.2 Å². The third kappa shape index (κ3) is 4.49. The van der Waals surface area contributed by atoms with Crippen molar-refractivity contribution < 1.29 is 14.6 Å². The molecule has 0 unspecified atom stereocenters. The summed E-state index contributed by atoms with van der Waals surface area (Å²) in [5.41, 5.74) is 0.978. The van der Waals surface area contributed by atoms with Crippen molar-refractivity contribution in [1.29, 1.82) is 0 Å². The van der Waals surface area contributed by atoms with Gasteiger partial charge in [0.25, 0.3) is 0 Å². The Morgan fingerprint density at radius 1 is 1.39 bits per heavy atom. The van der Waals surface area contributed by atoms with E-state index >= 15 is 0 Å². The van der Waals surface area contributed by atoms with Gasteiger partial charge in [0.2, 0.25) is 0 Å². The van der Waals surface area contributed by atoms with Crippen molar-refractivity contribution >= 4 is 5.78 Å². The first kappa shape index (κ1) is 14.7. The zero-order chi connectivity index (χ0) is 13.8. The molecule has 0 aliphatic heterocycles. The van der Waals surface area contributed by atoms with Gasteiger partial charge >= 0.3 is 0 Å².